The molecular formula is C18H17ClO2. The molecule has 2 aromatic rings. The van der Waals surface area contributed by atoms with Gasteiger partial charge in [-0.15, -0.1) is 11.6 Å². The Hall–Kier alpha value is -2.11. The van der Waals surface area contributed by atoms with Crippen molar-refractivity contribution in [1.29, 1.82) is 0 Å². The Morgan fingerprint density at radius 3 is 2.33 bits per heavy atom. The molecule has 0 atom stereocenters. The lowest BCUT2D eigenvalue weighted by molar-refractivity contribution is 0.247. The van der Waals surface area contributed by atoms with Gasteiger partial charge in [-0.2, -0.15) is 0 Å². The van der Waals surface area contributed by atoms with Gasteiger partial charge in [0.05, 0.1) is 19.1 Å². The number of benzene rings is 2. The maximum absolute atomic E-state index is 5.68. The number of hydrogen-bond donors (Lipinski definition) is 0. The highest BCUT2D eigenvalue weighted by Gasteiger charge is 1.96. The molecule has 0 spiro atoms. The second-order valence-corrected chi connectivity index (χ2v) is 4.59. The molecule has 0 bridgehead atoms. The third kappa shape index (κ3) is 5.81. The van der Waals surface area contributed by atoms with Crippen molar-refractivity contribution in [2.75, 3.05) is 19.1 Å². The van der Waals surface area contributed by atoms with Gasteiger partial charge in [0, 0.05) is 12.0 Å². The van der Waals surface area contributed by atoms with Gasteiger partial charge in [-0.05, 0) is 30.3 Å². The van der Waals surface area contributed by atoms with Gasteiger partial charge >= 0.3 is 0 Å². The summed E-state index contributed by atoms with van der Waals surface area (Å²) in [5, 5.41) is 0. The maximum Gasteiger partial charge on any atom is 0.120 e. The molecule has 0 saturated carbocycles. The van der Waals surface area contributed by atoms with Crippen LogP contribution in [0.3, 0.4) is 0 Å². The Morgan fingerprint density at radius 2 is 1.57 bits per heavy atom. The monoisotopic (exact) mass is 300 g/mol. The number of alkyl halides is 1. The molecule has 0 aliphatic carbocycles. The number of halogens is 1. The average Bonchev–Trinajstić information content (AvgIpc) is 2.54. The quantitative estimate of drug-likeness (QED) is 0.454. The molecule has 0 N–H and O–H groups in total. The predicted molar refractivity (Wildman–Crippen MR) is 86.1 cm³/mol. The van der Waals surface area contributed by atoms with E-state index in [9.17, 15) is 0 Å². The summed E-state index contributed by atoms with van der Waals surface area (Å²) in [6, 6.07) is 17.5. The molecule has 2 rings (SSSR count). The molecule has 2 nitrogen and oxygen atoms in total. The minimum atomic E-state index is 0.335. The third-order valence-corrected chi connectivity index (χ3v) is 2.84. The largest absolute Gasteiger partial charge is 0.493 e. The molecule has 2 aromatic carbocycles. The topological polar surface area (TPSA) is 18.5 Å². The van der Waals surface area contributed by atoms with Gasteiger partial charge in [0.2, 0.25) is 0 Å². The summed E-state index contributed by atoms with van der Waals surface area (Å²) >= 11 is 5.54. The minimum Gasteiger partial charge on any atom is -0.493 e. The molecule has 21 heavy (non-hydrogen) atoms. The highest BCUT2D eigenvalue weighted by atomic mass is 35.5. The zero-order chi connectivity index (χ0) is 14.8. The molecule has 0 fully saturated rings. The fourth-order valence-electron chi connectivity index (χ4n) is 1.75. The molecule has 0 aromatic heterocycles. The van der Waals surface area contributed by atoms with Crippen molar-refractivity contribution in [2.24, 2.45) is 0 Å². The summed E-state index contributed by atoms with van der Waals surface area (Å²) in [4.78, 5) is 0. The van der Waals surface area contributed by atoms with E-state index < -0.39 is 0 Å². The first-order valence-electron chi connectivity index (χ1n) is 6.84. The van der Waals surface area contributed by atoms with E-state index in [1.165, 1.54) is 0 Å². The summed E-state index contributed by atoms with van der Waals surface area (Å²) in [6.45, 7) is 1.25. The van der Waals surface area contributed by atoms with E-state index in [0.29, 0.717) is 19.1 Å². The van der Waals surface area contributed by atoms with Crippen molar-refractivity contribution in [2.45, 2.75) is 6.42 Å². The van der Waals surface area contributed by atoms with Crippen molar-refractivity contribution in [1.82, 2.24) is 0 Å². The summed E-state index contributed by atoms with van der Waals surface area (Å²) in [5.41, 5.74) is 0.911. The van der Waals surface area contributed by atoms with E-state index in [2.05, 4.69) is 11.8 Å². The van der Waals surface area contributed by atoms with Crippen LogP contribution in [0.2, 0.25) is 0 Å². The third-order valence-electron chi connectivity index (χ3n) is 2.70. The Bertz CT molecular complexity index is 599. The van der Waals surface area contributed by atoms with Gasteiger partial charge in [0.15, 0.2) is 0 Å². The SMILES string of the molecule is ClCC#Cc1cccc(OCCCOc2ccccc2)c1. The summed E-state index contributed by atoms with van der Waals surface area (Å²) in [7, 11) is 0. The lowest BCUT2D eigenvalue weighted by atomic mass is 10.2. The van der Waals surface area contributed by atoms with E-state index in [1.54, 1.807) is 0 Å². The Labute approximate surface area is 130 Å². The summed E-state index contributed by atoms with van der Waals surface area (Å²) in [5.74, 6) is 7.83. The zero-order valence-electron chi connectivity index (χ0n) is 11.7. The molecule has 0 aliphatic heterocycles. The second-order valence-electron chi connectivity index (χ2n) is 4.33. The highest BCUT2D eigenvalue weighted by molar-refractivity contribution is 6.19. The van der Waals surface area contributed by atoms with E-state index >= 15 is 0 Å². The first-order valence-corrected chi connectivity index (χ1v) is 7.37. The lowest BCUT2D eigenvalue weighted by Crippen LogP contribution is -2.04. The number of hydrogen-bond acceptors (Lipinski definition) is 2. The van der Waals surface area contributed by atoms with E-state index in [1.807, 2.05) is 54.6 Å². The standard InChI is InChI=1S/C18H17ClO2/c19-12-5-8-16-7-4-11-18(15-16)21-14-6-13-20-17-9-2-1-3-10-17/h1-4,7,9-11,15H,6,12-14H2. The van der Waals surface area contributed by atoms with E-state index in [-0.39, 0.29) is 0 Å². The molecule has 3 heteroatoms. The van der Waals surface area contributed by atoms with Crippen molar-refractivity contribution in [3.8, 4) is 23.3 Å². The van der Waals surface area contributed by atoms with Crippen LogP contribution in [0.25, 0.3) is 0 Å². The number of para-hydroxylation sites is 1. The van der Waals surface area contributed by atoms with Crippen LogP contribution in [0.4, 0.5) is 0 Å². The van der Waals surface area contributed by atoms with Gasteiger partial charge in [0.1, 0.15) is 11.5 Å². The van der Waals surface area contributed by atoms with Crippen molar-refractivity contribution in [3.63, 3.8) is 0 Å². The second kappa shape index (κ2) is 8.94. The van der Waals surface area contributed by atoms with Gasteiger partial charge in [-0.1, -0.05) is 36.1 Å². The molecule has 0 saturated heterocycles. The predicted octanol–water partition coefficient (Wildman–Crippen LogP) is 4.12. The molecule has 0 amide bonds. The van der Waals surface area contributed by atoms with Crippen LogP contribution in [0.1, 0.15) is 12.0 Å². The van der Waals surface area contributed by atoms with Crippen LogP contribution >= 0.6 is 11.6 Å². The van der Waals surface area contributed by atoms with Crippen LogP contribution in [0.15, 0.2) is 54.6 Å². The smallest absolute Gasteiger partial charge is 0.120 e. The van der Waals surface area contributed by atoms with Crippen LogP contribution < -0.4 is 9.47 Å². The number of ether oxygens (including phenoxy) is 2. The first kappa shape index (κ1) is 15.3. The summed E-state index contributed by atoms with van der Waals surface area (Å²) < 4.78 is 11.3. The van der Waals surface area contributed by atoms with Gasteiger partial charge < -0.3 is 9.47 Å². The maximum atomic E-state index is 5.68. The minimum absolute atomic E-state index is 0.335. The fraction of sp³-hybridized carbons (Fsp3) is 0.222. The van der Waals surface area contributed by atoms with Crippen molar-refractivity contribution < 1.29 is 9.47 Å². The zero-order valence-corrected chi connectivity index (χ0v) is 12.5. The van der Waals surface area contributed by atoms with E-state index in [0.717, 1.165) is 23.5 Å². The first-order chi connectivity index (χ1) is 10.4. The average molecular weight is 301 g/mol. The highest BCUT2D eigenvalue weighted by Crippen LogP contribution is 2.13. The molecule has 0 heterocycles. The Morgan fingerprint density at radius 1 is 0.857 bits per heavy atom. The van der Waals surface area contributed by atoms with Crippen LogP contribution in [-0.4, -0.2) is 19.1 Å². The molecule has 0 unspecified atom stereocenters. The Kier molecular flexibility index (Phi) is 6.51. The van der Waals surface area contributed by atoms with Crippen molar-refractivity contribution >= 4 is 11.6 Å². The van der Waals surface area contributed by atoms with Crippen LogP contribution in [-0.2, 0) is 0 Å². The van der Waals surface area contributed by atoms with E-state index in [4.69, 9.17) is 21.1 Å². The van der Waals surface area contributed by atoms with Gasteiger partial charge in [-0.3, -0.25) is 0 Å². The summed E-state index contributed by atoms with van der Waals surface area (Å²) in [6.07, 6.45) is 0.826. The molecule has 0 aliphatic rings. The van der Waals surface area contributed by atoms with Gasteiger partial charge in [0.25, 0.3) is 0 Å². The molecule has 0 radical (unpaired) electrons. The number of rotatable bonds is 6. The molecule has 108 valence electrons. The fourth-order valence-corrected chi connectivity index (χ4v) is 1.82. The van der Waals surface area contributed by atoms with Crippen molar-refractivity contribution in [3.05, 3.63) is 60.2 Å². The normalized spacial score (nSPS) is 9.57. The lowest BCUT2D eigenvalue weighted by Gasteiger charge is -2.08. The Balaban J connectivity index is 1.71. The van der Waals surface area contributed by atoms with Gasteiger partial charge in [-0.25, -0.2) is 0 Å². The van der Waals surface area contributed by atoms with Crippen LogP contribution in [0, 0.1) is 11.8 Å². The van der Waals surface area contributed by atoms with Crippen LogP contribution in [0.5, 0.6) is 11.5 Å². The molecular weight excluding hydrogens is 284 g/mol.